The number of amides is 1. The highest BCUT2D eigenvalue weighted by atomic mass is 16.5. The minimum absolute atomic E-state index is 0.00375. The molecule has 0 aliphatic carbocycles. The molecule has 0 unspecified atom stereocenters. The van der Waals surface area contributed by atoms with E-state index in [4.69, 9.17) is 10.5 Å². The fourth-order valence-electron chi connectivity index (χ4n) is 1.21. The SMILES string of the molecule is CCOCCN(C)C(=O)[C@@H](N)[C@@H](C)CC. The van der Waals surface area contributed by atoms with Crippen molar-refractivity contribution < 1.29 is 9.53 Å². The van der Waals surface area contributed by atoms with E-state index in [1.165, 1.54) is 0 Å². The molecule has 0 aromatic rings. The molecule has 0 aliphatic rings. The molecule has 0 aromatic heterocycles. The van der Waals surface area contributed by atoms with Gasteiger partial charge in [0.05, 0.1) is 12.6 Å². The Balaban J connectivity index is 3.96. The van der Waals surface area contributed by atoms with Crippen molar-refractivity contribution in [2.75, 3.05) is 26.8 Å². The third kappa shape index (κ3) is 5.14. The lowest BCUT2D eigenvalue weighted by Crippen LogP contribution is -2.46. The Labute approximate surface area is 92.8 Å². The van der Waals surface area contributed by atoms with Gasteiger partial charge in [0.25, 0.3) is 0 Å². The van der Waals surface area contributed by atoms with Crippen LogP contribution >= 0.6 is 0 Å². The molecule has 0 fully saturated rings. The first kappa shape index (κ1) is 14.4. The normalized spacial score (nSPS) is 14.7. The fraction of sp³-hybridized carbons (Fsp3) is 0.909. The Morgan fingerprint density at radius 1 is 1.47 bits per heavy atom. The van der Waals surface area contributed by atoms with Crippen molar-refractivity contribution in [3.8, 4) is 0 Å². The lowest BCUT2D eigenvalue weighted by atomic mass is 9.99. The summed E-state index contributed by atoms with van der Waals surface area (Å²) in [5.74, 6) is 0.232. The monoisotopic (exact) mass is 216 g/mol. The summed E-state index contributed by atoms with van der Waals surface area (Å²) in [6.07, 6.45) is 0.923. The second kappa shape index (κ2) is 7.65. The first-order chi connectivity index (χ1) is 7.04. The third-order valence-electron chi connectivity index (χ3n) is 2.69. The maximum absolute atomic E-state index is 11.8. The highest BCUT2D eigenvalue weighted by Gasteiger charge is 2.22. The van der Waals surface area contributed by atoms with Gasteiger partial charge in [0, 0.05) is 20.2 Å². The van der Waals surface area contributed by atoms with Gasteiger partial charge in [-0.15, -0.1) is 0 Å². The van der Waals surface area contributed by atoms with E-state index in [0.717, 1.165) is 6.42 Å². The predicted molar refractivity (Wildman–Crippen MR) is 61.6 cm³/mol. The number of hydrogen-bond donors (Lipinski definition) is 1. The van der Waals surface area contributed by atoms with Crippen LogP contribution in [0.1, 0.15) is 27.2 Å². The van der Waals surface area contributed by atoms with Crippen LogP contribution in [0.2, 0.25) is 0 Å². The van der Waals surface area contributed by atoms with E-state index in [9.17, 15) is 4.79 Å². The number of rotatable bonds is 7. The number of likely N-dealkylation sites (N-methyl/N-ethyl adjacent to an activating group) is 1. The summed E-state index contributed by atoms with van der Waals surface area (Å²) in [7, 11) is 1.77. The molecular weight excluding hydrogens is 192 g/mol. The largest absolute Gasteiger partial charge is 0.380 e. The molecule has 0 aromatic carbocycles. The van der Waals surface area contributed by atoms with Crippen LogP contribution in [0.4, 0.5) is 0 Å². The summed E-state index contributed by atoms with van der Waals surface area (Å²) in [4.78, 5) is 13.4. The molecule has 0 rings (SSSR count). The van der Waals surface area contributed by atoms with Crippen LogP contribution in [-0.2, 0) is 9.53 Å². The van der Waals surface area contributed by atoms with E-state index in [1.807, 2.05) is 20.8 Å². The molecule has 0 spiro atoms. The van der Waals surface area contributed by atoms with Crippen LogP contribution in [0.25, 0.3) is 0 Å². The number of nitrogens with zero attached hydrogens (tertiary/aromatic N) is 1. The lowest BCUT2D eigenvalue weighted by molar-refractivity contribution is -0.133. The second-order valence-corrected chi connectivity index (χ2v) is 3.87. The van der Waals surface area contributed by atoms with Crippen molar-refractivity contribution in [3.05, 3.63) is 0 Å². The maximum atomic E-state index is 11.8. The van der Waals surface area contributed by atoms with Crippen molar-refractivity contribution in [1.29, 1.82) is 0 Å². The molecule has 0 saturated carbocycles. The average molecular weight is 216 g/mol. The Kier molecular flexibility index (Phi) is 7.34. The number of carbonyl (C=O) groups excluding carboxylic acids is 1. The van der Waals surface area contributed by atoms with Crippen LogP contribution in [0, 0.1) is 5.92 Å². The Morgan fingerprint density at radius 2 is 2.07 bits per heavy atom. The first-order valence-electron chi connectivity index (χ1n) is 5.62. The minimum atomic E-state index is -0.387. The van der Waals surface area contributed by atoms with Crippen LogP contribution < -0.4 is 5.73 Å². The molecule has 90 valence electrons. The quantitative estimate of drug-likeness (QED) is 0.642. The van der Waals surface area contributed by atoms with E-state index in [2.05, 4.69) is 0 Å². The summed E-state index contributed by atoms with van der Waals surface area (Å²) in [5, 5.41) is 0. The number of carbonyl (C=O) groups is 1. The molecule has 2 atom stereocenters. The van der Waals surface area contributed by atoms with Crippen LogP contribution in [0.3, 0.4) is 0 Å². The van der Waals surface area contributed by atoms with Gasteiger partial charge in [0.2, 0.25) is 5.91 Å². The van der Waals surface area contributed by atoms with E-state index in [-0.39, 0.29) is 17.9 Å². The topological polar surface area (TPSA) is 55.6 Å². The van der Waals surface area contributed by atoms with Crippen molar-refractivity contribution in [2.24, 2.45) is 11.7 Å². The summed E-state index contributed by atoms with van der Waals surface area (Å²) < 4.78 is 5.19. The molecule has 15 heavy (non-hydrogen) atoms. The van der Waals surface area contributed by atoms with Crippen LogP contribution in [0.5, 0.6) is 0 Å². The highest BCUT2D eigenvalue weighted by Crippen LogP contribution is 2.07. The predicted octanol–water partition coefficient (Wildman–Crippen LogP) is 0.855. The van der Waals surface area contributed by atoms with E-state index >= 15 is 0 Å². The standard InChI is InChI=1S/C11H24N2O2/c1-5-9(3)10(12)11(14)13(4)7-8-15-6-2/h9-10H,5-8,12H2,1-4H3/t9-,10-/m0/s1. The summed E-state index contributed by atoms with van der Waals surface area (Å²) >= 11 is 0. The zero-order valence-electron chi connectivity index (χ0n) is 10.3. The zero-order valence-corrected chi connectivity index (χ0v) is 10.3. The van der Waals surface area contributed by atoms with Gasteiger partial charge in [-0.2, -0.15) is 0 Å². The van der Waals surface area contributed by atoms with Crippen molar-refractivity contribution in [3.63, 3.8) is 0 Å². The molecule has 2 N–H and O–H groups in total. The summed E-state index contributed by atoms with van der Waals surface area (Å²) in [5.41, 5.74) is 5.84. The van der Waals surface area contributed by atoms with E-state index in [0.29, 0.717) is 19.8 Å². The van der Waals surface area contributed by atoms with Crippen molar-refractivity contribution >= 4 is 5.91 Å². The number of ether oxygens (including phenoxy) is 1. The zero-order chi connectivity index (χ0) is 11.8. The molecule has 0 aliphatic heterocycles. The molecule has 0 heterocycles. The van der Waals surface area contributed by atoms with Gasteiger partial charge in [-0.1, -0.05) is 20.3 Å². The fourth-order valence-corrected chi connectivity index (χ4v) is 1.21. The molecular formula is C11H24N2O2. The maximum Gasteiger partial charge on any atom is 0.239 e. The summed E-state index contributed by atoms with van der Waals surface area (Å²) in [6, 6.07) is -0.387. The molecule has 0 radical (unpaired) electrons. The van der Waals surface area contributed by atoms with Gasteiger partial charge in [0.15, 0.2) is 0 Å². The molecule has 4 heteroatoms. The van der Waals surface area contributed by atoms with Gasteiger partial charge >= 0.3 is 0 Å². The van der Waals surface area contributed by atoms with Crippen LogP contribution in [-0.4, -0.2) is 43.7 Å². The van der Waals surface area contributed by atoms with Crippen molar-refractivity contribution in [2.45, 2.75) is 33.2 Å². The van der Waals surface area contributed by atoms with Gasteiger partial charge in [-0.25, -0.2) is 0 Å². The lowest BCUT2D eigenvalue weighted by Gasteiger charge is -2.24. The highest BCUT2D eigenvalue weighted by molar-refractivity contribution is 5.81. The third-order valence-corrected chi connectivity index (χ3v) is 2.69. The van der Waals surface area contributed by atoms with E-state index < -0.39 is 0 Å². The first-order valence-corrected chi connectivity index (χ1v) is 5.62. The molecule has 0 bridgehead atoms. The summed E-state index contributed by atoms with van der Waals surface area (Å²) in [6.45, 7) is 7.84. The number of hydrogen-bond acceptors (Lipinski definition) is 3. The average Bonchev–Trinajstić information content (AvgIpc) is 2.26. The second-order valence-electron chi connectivity index (χ2n) is 3.87. The molecule has 1 amide bonds. The Morgan fingerprint density at radius 3 is 2.53 bits per heavy atom. The molecule has 0 saturated heterocycles. The van der Waals surface area contributed by atoms with Gasteiger partial charge < -0.3 is 15.4 Å². The minimum Gasteiger partial charge on any atom is -0.380 e. The van der Waals surface area contributed by atoms with Gasteiger partial charge in [-0.05, 0) is 12.8 Å². The number of nitrogens with two attached hydrogens (primary N) is 1. The Bertz CT molecular complexity index is 185. The van der Waals surface area contributed by atoms with E-state index in [1.54, 1.807) is 11.9 Å². The van der Waals surface area contributed by atoms with Crippen molar-refractivity contribution in [1.82, 2.24) is 4.90 Å². The van der Waals surface area contributed by atoms with Gasteiger partial charge in [-0.3, -0.25) is 4.79 Å². The smallest absolute Gasteiger partial charge is 0.239 e. The molecule has 4 nitrogen and oxygen atoms in total. The van der Waals surface area contributed by atoms with Gasteiger partial charge in [0.1, 0.15) is 0 Å². The Hall–Kier alpha value is -0.610. The van der Waals surface area contributed by atoms with Crippen LogP contribution in [0.15, 0.2) is 0 Å².